The Bertz CT molecular complexity index is 756. The number of ether oxygens (including phenoxy) is 1. The zero-order valence-corrected chi connectivity index (χ0v) is 15.1. The average molecular weight is 366 g/mol. The fourth-order valence-electron chi connectivity index (χ4n) is 2.52. The number of sulfone groups is 1. The van der Waals surface area contributed by atoms with Crippen LogP contribution in [-0.2, 0) is 19.4 Å². The summed E-state index contributed by atoms with van der Waals surface area (Å²) in [5.41, 5.74) is 0.829. The van der Waals surface area contributed by atoms with Crippen LogP contribution in [-0.4, -0.2) is 63.4 Å². The van der Waals surface area contributed by atoms with Crippen molar-refractivity contribution >= 4 is 27.7 Å². The largest absolute Gasteiger partial charge is 0.497 e. The summed E-state index contributed by atoms with van der Waals surface area (Å²) < 4.78 is 28.0. The molecule has 0 radical (unpaired) electrons. The van der Waals surface area contributed by atoms with E-state index in [1.165, 1.54) is 11.0 Å². The summed E-state index contributed by atoms with van der Waals surface area (Å²) in [5.74, 6) is 0.112. The van der Waals surface area contributed by atoms with E-state index in [-0.39, 0.29) is 30.0 Å². The molecule has 1 unspecified atom stereocenters. The highest BCUT2D eigenvalue weighted by Crippen LogP contribution is 2.16. The number of methoxy groups -OCH3 is 1. The van der Waals surface area contributed by atoms with Crippen molar-refractivity contribution in [2.75, 3.05) is 32.2 Å². The number of carbonyl (C=O) groups is 2. The molecule has 0 aromatic heterocycles. The SMILES string of the molecule is COc1ccc(C=CC(=O)NCC(=O)N(C)C2CCS(=O)(=O)C2)cc1. The van der Waals surface area contributed by atoms with E-state index in [2.05, 4.69) is 5.32 Å². The van der Waals surface area contributed by atoms with Crippen LogP contribution in [0.1, 0.15) is 12.0 Å². The van der Waals surface area contributed by atoms with E-state index < -0.39 is 15.7 Å². The molecule has 2 rings (SSSR count). The maximum Gasteiger partial charge on any atom is 0.244 e. The van der Waals surface area contributed by atoms with E-state index in [0.29, 0.717) is 6.42 Å². The molecular formula is C17H22N2O5S. The fourth-order valence-corrected chi connectivity index (χ4v) is 4.29. The van der Waals surface area contributed by atoms with Gasteiger partial charge in [0.15, 0.2) is 9.84 Å². The van der Waals surface area contributed by atoms with Crippen molar-refractivity contribution in [3.8, 4) is 5.75 Å². The molecule has 1 fully saturated rings. The van der Waals surface area contributed by atoms with E-state index in [0.717, 1.165) is 11.3 Å². The predicted octanol–water partition coefficient (Wildman–Crippen LogP) is 0.470. The van der Waals surface area contributed by atoms with Crippen molar-refractivity contribution in [3.05, 3.63) is 35.9 Å². The Morgan fingerprint density at radius 1 is 1.32 bits per heavy atom. The average Bonchev–Trinajstić information content (AvgIpc) is 2.97. The van der Waals surface area contributed by atoms with Gasteiger partial charge < -0.3 is 15.0 Å². The summed E-state index contributed by atoms with van der Waals surface area (Å²) in [6, 6.07) is 6.87. The molecule has 1 aliphatic rings. The van der Waals surface area contributed by atoms with Gasteiger partial charge in [-0.1, -0.05) is 12.1 Å². The summed E-state index contributed by atoms with van der Waals surface area (Å²) >= 11 is 0. The first kappa shape index (κ1) is 19.0. The lowest BCUT2D eigenvalue weighted by Crippen LogP contribution is -2.43. The number of nitrogens with zero attached hydrogens (tertiary/aromatic N) is 1. The Labute approximate surface area is 147 Å². The molecule has 2 amide bonds. The van der Waals surface area contributed by atoms with Gasteiger partial charge in [0.1, 0.15) is 5.75 Å². The van der Waals surface area contributed by atoms with Crippen LogP contribution in [0.5, 0.6) is 5.75 Å². The Hall–Kier alpha value is -2.35. The van der Waals surface area contributed by atoms with E-state index in [1.807, 2.05) is 12.1 Å². The highest BCUT2D eigenvalue weighted by atomic mass is 32.2. The fraction of sp³-hybridized carbons (Fsp3) is 0.412. The molecule has 1 N–H and O–H groups in total. The van der Waals surface area contributed by atoms with Crippen molar-refractivity contribution < 1.29 is 22.7 Å². The second-order valence-corrected chi connectivity index (χ2v) is 8.11. The maximum absolute atomic E-state index is 12.1. The van der Waals surface area contributed by atoms with Gasteiger partial charge in [0.25, 0.3) is 0 Å². The van der Waals surface area contributed by atoms with Gasteiger partial charge in [0.2, 0.25) is 11.8 Å². The molecular weight excluding hydrogens is 344 g/mol. The smallest absolute Gasteiger partial charge is 0.244 e. The number of hydrogen-bond acceptors (Lipinski definition) is 5. The first-order chi connectivity index (χ1) is 11.8. The maximum atomic E-state index is 12.1. The third kappa shape index (κ3) is 5.60. The Kier molecular flexibility index (Phi) is 6.19. The van der Waals surface area contributed by atoms with E-state index >= 15 is 0 Å². The second kappa shape index (κ2) is 8.15. The molecule has 136 valence electrons. The molecule has 0 aliphatic carbocycles. The zero-order chi connectivity index (χ0) is 18.4. The molecule has 8 heteroatoms. The van der Waals surface area contributed by atoms with Gasteiger partial charge in [-0.3, -0.25) is 9.59 Å². The molecule has 1 heterocycles. The number of hydrogen-bond donors (Lipinski definition) is 1. The van der Waals surface area contributed by atoms with Gasteiger partial charge in [0.05, 0.1) is 25.2 Å². The predicted molar refractivity (Wildman–Crippen MR) is 94.9 cm³/mol. The van der Waals surface area contributed by atoms with Crippen LogP contribution in [0.25, 0.3) is 6.08 Å². The Morgan fingerprint density at radius 2 is 2.00 bits per heavy atom. The van der Waals surface area contributed by atoms with Crippen molar-refractivity contribution in [2.45, 2.75) is 12.5 Å². The minimum Gasteiger partial charge on any atom is -0.497 e. The topological polar surface area (TPSA) is 92.8 Å². The van der Waals surface area contributed by atoms with Crippen molar-refractivity contribution in [2.24, 2.45) is 0 Å². The minimum absolute atomic E-state index is 0.0133. The van der Waals surface area contributed by atoms with Gasteiger partial charge in [0, 0.05) is 19.2 Å². The molecule has 0 spiro atoms. The lowest BCUT2D eigenvalue weighted by molar-refractivity contribution is -0.132. The summed E-state index contributed by atoms with van der Waals surface area (Å²) in [7, 11) is 0.0884. The van der Waals surface area contributed by atoms with Gasteiger partial charge in [-0.05, 0) is 30.2 Å². The Balaban J connectivity index is 1.80. The summed E-state index contributed by atoms with van der Waals surface area (Å²) in [4.78, 5) is 25.3. The van der Waals surface area contributed by atoms with Crippen LogP contribution in [0.4, 0.5) is 0 Å². The molecule has 1 aromatic carbocycles. The van der Waals surface area contributed by atoms with Crippen molar-refractivity contribution in [1.82, 2.24) is 10.2 Å². The van der Waals surface area contributed by atoms with E-state index in [4.69, 9.17) is 4.74 Å². The van der Waals surface area contributed by atoms with Crippen molar-refractivity contribution in [3.63, 3.8) is 0 Å². The summed E-state index contributed by atoms with van der Waals surface area (Å²) in [6.45, 7) is -0.168. The van der Waals surface area contributed by atoms with Crippen LogP contribution < -0.4 is 10.1 Å². The van der Waals surface area contributed by atoms with Crippen LogP contribution >= 0.6 is 0 Å². The lowest BCUT2D eigenvalue weighted by atomic mass is 10.2. The normalized spacial score (nSPS) is 18.9. The van der Waals surface area contributed by atoms with Gasteiger partial charge in [-0.25, -0.2) is 8.42 Å². The number of amides is 2. The van der Waals surface area contributed by atoms with Crippen LogP contribution in [0.15, 0.2) is 30.3 Å². The number of carbonyl (C=O) groups excluding carboxylic acids is 2. The van der Waals surface area contributed by atoms with Crippen LogP contribution in [0.2, 0.25) is 0 Å². The minimum atomic E-state index is -3.05. The number of rotatable bonds is 6. The highest BCUT2D eigenvalue weighted by molar-refractivity contribution is 7.91. The summed E-state index contributed by atoms with van der Waals surface area (Å²) in [5, 5.41) is 2.51. The standard InChI is InChI=1S/C17H22N2O5S/c1-19(14-9-10-25(22,23)12-14)17(21)11-18-16(20)8-5-13-3-6-15(24-2)7-4-13/h3-8,14H,9-12H2,1-2H3,(H,18,20). The highest BCUT2D eigenvalue weighted by Gasteiger charge is 2.32. The molecule has 1 aromatic rings. The second-order valence-electron chi connectivity index (χ2n) is 5.89. The quantitative estimate of drug-likeness (QED) is 0.739. The van der Waals surface area contributed by atoms with Crippen LogP contribution in [0.3, 0.4) is 0 Å². The molecule has 7 nitrogen and oxygen atoms in total. The molecule has 1 atom stereocenters. The third-order valence-corrected chi connectivity index (χ3v) is 5.86. The molecule has 1 saturated heterocycles. The molecule has 0 saturated carbocycles. The monoisotopic (exact) mass is 366 g/mol. The van der Waals surface area contributed by atoms with Gasteiger partial charge in [-0.15, -0.1) is 0 Å². The first-order valence-corrected chi connectivity index (χ1v) is 9.69. The molecule has 25 heavy (non-hydrogen) atoms. The molecule has 1 aliphatic heterocycles. The summed E-state index contributed by atoms with van der Waals surface area (Å²) in [6.07, 6.45) is 3.41. The third-order valence-electron chi connectivity index (χ3n) is 4.11. The first-order valence-electron chi connectivity index (χ1n) is 7.87. The number of nitrogens with one attached hydrogen (secondary N) is 1. The number of benzene rings is 1. The Morgan fingerprint density at radius 3 is 2.56 bits per heavy atom. The van der Waals surface area contributed by atoms with Crippen molar-refractivity contribution in [1.29, 1.82) is 0 Å². The van der Waals surface area contributed by atoms with Gasteiger partial charge in [-0.2, -0.15) is 0 Å². The van der Waals surface area contributed by atoms with E-state index in [9.17, 15) is 18.0 Å². The number of likely N-dealkylation sites (N-methyl/N-ethyl adjacent to an activating group) is 1. The van der Waals surface area contributed by atoms with Crippen LogP contribution in [0, 0.1) is 0 Å². The lowest BCUT2D eigenvalue weighted by Gasteiger charge is -2.23. The molecule has 0 bridgehead atoms. The van der Waals surface area contributed by atoms with Gasteiger partial charge >= 0.3 is 0 Å². The van der Waals surface area contributed by atoms with E-state index in [1.54, 1.807) is 32.4 Å². The zero-order valence-electron chi connectivity index (χ0n) is 14.3.